The molecule has 0 aromatic heterocycles. The van der Waals surface area contributed by atoms with Crippen LogP contribution in [0.5, 0.6) is 0 Å². The Kier molecular flexibility index (Phi) is 2.09. The summed E-state index contributed by atoms with van der Waals surface area (Å²) in [6.45, 7) is 2.08. The summed E-state index contributed by atoms with van der Waals surface area (Å²) in [5.74, 6) is 0. The lowest BCUT2D eigenvalue weighted by Gasteiger charge is -2.01. The molecule has 4 rings (SSSR count). The Morgan fingerprint density at radius 1 is 1.00 bits per heavy atom. The molecule has 0 atom stereocenters. The van der Waals surface area contributed by atoms with Crippen LogP contribution in [0.4, 0.5) is 0 Å². The fourth-order valence-electron chi connectivity index (χ4n) is 2.60. The molecule has 1 heterocycles. The Labute approximate surface area is 113 Å². The number of aryl methyl sites for hydroxylation is 1. The second-order valence-corrected chi connectivity index (χ2v) is 5.81. The van der Waals surface area contributed by atoms with Crippen molar-refractivity contribution in [1.29, 1.82) is 0 Å². The smallest absolute Gasteiger partial charge is 0.205 e. The molecule has 1 aliphatic heterocycles. The largest absolute Gasteiger partial charge is 0.352 e. The number of rotatable bonds is 0. The maximum absolute atomic E-state index is 12.4. The zero-order valence-corrected chi connectivity index (χ0v) is 11.2. The van der Waals surface area contributed by atoms with Gasteiger partial charge in [0, 0.05) is 10.8 Å². The van der Waals surface area contributed by atoms with Gasteiger partial charge in [0.05, 0.1) is 20.1 Å². The molecular weight excluding hydrogens is 254 g/mol. The molecule has 1 aliphatic carbocycles. The summed E-state index contributed by atoms with van der Waals surface area (Å²) in [5.41, 5.74) is 2.46. The lowest BCUT2D eigenvalue weighted by Crippen LogP contribution is -1.95. The number of hydrogen-bond acceptors (Lipinski definition) is 2. The summed E-state index contributed by atoms with van der Waals surface area (Å²) in [6.07, 6.45) is 0. The SMILES string of the molecule is Cc1cccc2sc3c(=O)c4ccccc4c=3[nH]c12. The van der Waals surface area contributed by atoms with Crippen LogP contribution in [-0.2, 0) is 0 Å². The van der Waals surface area contributed by atoms with Crippen molar-refractivity contribution in [3.8, 4) is 0 Å². The van der Waals surface area contributed by atoms with Crippen LogP contribution in [-0.4, -0.2) is 4.98 Å². The quantitative estimate of drug-likeness (QED) is 0.515. The number of fused-ring (bicyclic) bond motifs is 3. The minimum Gasteiger partial charge on any atom is -0.352 e. The van der Waals surface area contributed by atoms with Crippen molar-refractivity contribution < 1.29 is 0 Å². The lowest BCUT2D eigenvalue weighted by molar-refractivity contribution is 1.33. The molecule has 0 amide bonds. The van der Waals surface area contributed by atoms with Crippen molar-refractivity contribution in [3.63, 3.8) is 0 Å². The first-order valence-corrected chi connectivity index (χ1v) is 7.00. The minimum absolute atomic E-state index is 0.134. The number of nitrogens with one attached hydrogen (secondary N) is 1. The van der Waals surface area contributed by atoms with Gasteiger partial charge in [0.1, 0.15) is 0 Å². The van der Waals surface area contributed by atoms with E-state index in [9.17, 15) is 4.79 Å². The minimum atomic E-state index is 0.134. The number of H-pyrrole nitrogens is 1. The first-order chi connectivity index (χ1) is 9.25. The molecule has 0 fully saturated rings. The van der Waals surface area contributed by atoms with E-state index in [4.69, 9.17) is 0 Å². The van der Waals surface area contributed by atoms with E-state index in [0.29, 0.717) is 0 Å². The van der Waals surface area contributed by atoms with Crippen molar-refractivity contribution in [2.45, 2.75) is 6.92 Å². The molecule has 0 spiro atoms. The van der Waals surface area contributed by atoms with Gasteiger partial charge in [-0.2, -0.15) is 0 Å². The van der Waals surface area contributed by atoms with E-state index in [1.165, 1.54) is 5.56 Å². The fraction of sp³-hybridized carbons (Fsp3) is 0.0625. The zero-order chi connectivity index (χ0) is 13.0. The average Bonchev–Trinajstić information content (AvgIpc) is 2.72. The predicted molar refractivity (Wildman–Crippen MR) is 80.0 cm³/mol. The van der Waals surface area contributed by atoms with E-state index in [-0.39, 0.29) is 5.43 Å². The molecular formula is C16H11NOS. The van der Waals surface area contributed by atoms with Gasteiger partial charge >= 0.3 is 0 Å². The van der Waals surface area contributed by atoms with Crippen LogP contribution in [0.15, 0.2) is 47.3 Å². The Morgan fingerprint density at radius 2 is 1.79 bits per heavy atom. The summed E-state index contributed by atoms with van der Waals surface area (Å²) in [6, 6.07) is 14.0. The van der Waals surface area contributed by atoms with Crippen LogP contribution < -0.4 is 5.43 Å². The molecule has 0 unspecified atom stereocenters. The molecule has 1 N–H and O–H groups in total. The molecule has 2 nitrogen and oxygen atoms in total. The molecule has 2 aliphatic rings. The van der Waals surface area contributed by atoms with Crippen LogP contribution in [0.3, 0.4) is 0 Å². The maximum Gasteiger partial charge on any atom is 0.205 e. The topological polar surface area (TPSA) is 32.9 Å². The second kappa shape index (κ2) is 3.68. The highest BCUT2D eigenvalue weighted by Gasteiger charge is 2.09. The summed E-state index contributed by atoms with van der Waals surface area (Å²) in [4.78, 5) is 15.9. The highest BCUT2D eigenvalue weighted by Crippen LogP contribution is 2.24. The van der Waals surface area contributed by atoms with Crippen molar-refractivity contribution in [1.82, 2.24) is 4.98 Å². The number of hydrogen-bond donors (Lipinski definition) is 1. The molecule has 92 valence electrons. The van der Waals surface area contributed by atoms with Crippen LogP contribution in [0.25, 0.3) is 21.0 Å². The van der Waals surface area contributed by atoms with Crippen LogP contribution >= 0.6 is 11.3 Å². The Balaban J connectivity index is 2.40. The highest BCUT2D eigenvalue weighted by molar-refractivity contribution is 7.16. The number of para-hydroxylation sites is 1. The molecule has 0 saturated carbocycles. The molecule has 0 bridgehead atoms. The summed E-state index contributed by atoms with van der Waals surface area (Å²) in [5, 5.41) is 2.79. The monoisotopic (exact) mass is 265 g/mol. The molecule has 2 aromatic rings. The number of aromatic nitrogens is 1. The van der Waals surface area contributed by atoms with Crippen molar-refractivity contribution >= 4 is 32.3 Å². The standard InChI is InChI=1S/C16H11NOS/c1-9-5-4-8-12-13(9)17-14-10-6-2-3-7-11(10)15(18)16(14)19-12/h2-8,17H,1H3. The first kappa shape index (κ1) is 10.8. The zero-order valence-electron chi connectivity index (χ0n) is 10.4. The maximum atomic E-state index is 12.4. The van der Waals surface area contributed by atoms with E-state index in [0.717, 1.165) is 30.9 Å². The lowest BCUT2D eigenvalue weighted by atomic mass is 10.2. The summed E-state index contributed by atoms with van der Waals surface area (Å²) >= 11 is 1.57. The van der Waals surface area contributed by atoms with Gasteiger partial charge in [-0.3, -0.25) is 4.79 Å². The Hall–Kier alpha value is -2.13. The van der Waals surface area contributed by atoms with Crippen molar-refractivity contribution in [3.05, 3.63) is 68.1 Å². The van der Waals surface area contributed by atoms with Gasteiger partial charge in [-0.15, -0.1) is 11.3 Å². The van der Waals surface area contributed by atoms with Gasteiger partial charge < -0.3 is 4.98 Å². The third-order valence-corrected chi connectivity index (χ3v) is 4.72. The molecule has 19 heavy (non-hydrogen) atoms. The van der Waals surface area contributed by atoms with Crippen molar-refractivity contribution in [2.24, 2.45) is 0 Å². The summed E-state index contributed by atoms with van der Waals surface area (Å²) in [7, 11) is 0. The van der Waals surface area contributed by atoms with Gasteiger partial charge in [0.2, 0.25) is 5.43 Å². The average molecular weight is 265 g/mol. The Morgan fingerprint density at radius 3 is 2.63 bits per heavy atom. The number of benzene rings is 2. The van der Waals surface area contributed by atoms with Gasteiger partial charge in [-0.25, -0.2) is 0 Å². The van der Waals surface area contributed by atoms with Crippen LogP contribution in [0.1, 0.15) is 5.56 Å². The van der Waals surface area contributed by atoms with Crippen molar-refractivity contribution in [2.75, 3.05) is 0 Å². The van der Waals surface area contributed by atoms with E-state index in [2.05, 4.69) is 24.0 Å². The van der Waals surface area contributed by atoms with Gasteiger partial charge in [0.25, 0.3) is 0 Å². The van der Waals surface area contributed by atoms with Gasteiger partial charge in [-0.1, -0.05) is 36.4 Å². The fourth-order valence-corrected chi connectivity index (χ4v) is 3.75. The second-order valence-electron chi connectivity index (χ2n) is 4.75. The normalized spacial score (nSPS) is 11.6. The van der Waals surface area contributed by atoms with Gasteiger partial charge in [0.15, 0.2) is 0 Å². The molecule has 0 radical (unpaired) electrons. The number of aromatic amines is 1. The predicted octanol–water partition coefficient (Wildman–Crippen LogP) is 3.78. The van der Waals surface area contributed by atoms with E-state index >= 15 is 0 Å². The molecule has 2 aromatic carbocycles. The van der Waals surface area contributed by atoms with E-state index in [1.807, 2.05) is 30.3 Å². The van der Waals surface area contributed by atoms with Crippen LogP contribution in [0.2, 0.25) is 0 Å². The first-order valence-electron chi connectivity index (χ1n) is 6.18. The Bertz CT molecular complexity index is 1040. The third kappa shape index (κ3) is 1.39. The van der Waals surface area contributed by atoms with E-state index < -0.39 is 0 Å². The summed E-state index contributed by atoms with van der Waals surface area (Å²) < 4.78 is 1.94. The van der Waals surface area contributed by atoms with Crippen LogP contribution in [0, 0.1) is 16.8 Å². The highest BCUT2D eigenvalue weighted by atomic mass is 32.1. The molecule has 0 saturated heterocycles. The van der Waals surface area contributed by atoms with Gasteiger partial charge in [-0.05, 0) is 18.6 Å². The molecule has 3 heteroatoms. The van der Waals surface area contributed by atoms with E-state index in [1.54, 1.807) is 11.3 Å². The third-order valence-electron chi connectivity index (χ3n) is 3.57.